The van der Waals surface area contributed by atoms with E-state index in [0.717, 1.165) is 22.3 Å². The van der Waals surface area contributed by atoms with E-state index in [2.05, 4.69) is 0 Å². The molecule has 5 aromatic rings. The number of halogens is 4. The van der Waals surface area contributed by atoms with Crippen molar-refractivity contribution in [2.45, 2.75) is 12.8 Å². The van der Waals surface area contributed by atoms with Crippen LogP contribution in [0, 0.1) is 5.82 Å². The molecular formula is C29H19F4NO3. The van der Waals surface area contributed by atoms with Gasteiger partial charge in [-0.15, -0.1) is 0 Å². The fourth-order valence-electron chi connectivity index (χ4n) is 4.35. The van der Waals surface area contributed by atoms with E-state index in [0.29, 0.717) is 0 Å². The number of alkyl halides is 3. The van der Waals surface area contributed by atoms with Crippen molar-refractivity contribution in [2.75, 3.05) is 0 Å². The summed E-state index contributed by atoms with van der Waals surface area (Å²) in [6.45, 7) is 0.125. The highest BCUT2D eigenvalue weighted by molar-refractivity contribution is 6.04. The summed E-state index contributed by atoms with van der Waals surface area (Å²) in [5, 5.41) is 9.47. The van der Waals surface area contributed by atoms with Crippen LogP contribution in [0.4, 0.5) is 17.6 Å². The van der Waals surface area contributed by atoms with Crippen molar-refractivity contribution in [3.05, 3.63) is 120 Å². The number of hydrogen-bond acceptors (Lipinski definition) is 2. The van der Waals surface area contributed by atoms with E-state index in [4.69, 9.17) is 4.74 Å². The lowest BCUT2D eigenvalue weighted by Gasteiger charge is -2.15. The van der Waals surface area contributed by atoms with E-state index >= 15 is 0 Å². The van der Waals surface area contributed by atoms with Gasteiger partial charge in [-0.1, -0.05) is 48.5 Å². The maximum Gasteiger partial charge on any atom is 0.432 e. The number of aromatic carboxylic acids is 1. The molecule has 0 saturated heterocycles. The summed E-state index contributed by atoms with van der Waals surface area (Å²) in [5.74, 6) is -1.54. The SMILES string of the molecule is O=C(O)c1ccc(-c2c(C(F)(F)F)n(-c3ccc(F)cc3)c3cccc(OCc4ccccc4)c23)cc1. The number of carbonyl (C=O) groups is 1. The van der Waals surface area contributed by atoms with Crippen LogP contribution in [0.5, 0.6) is 5.75 Å². The molecule has 0 bridgehead atoms. The van der Waals surface area contributed by atoms with Gasteiger partial charge in [-0.25, -0.2) is 9.18 Å². The summed E-state index contributed by atoms with van der Waals surface area (Å²) in [6.07, 6.45) is -4.81. The first kappa shape index (κ1) is 24.1. The van der Waals surface area contributed by atoms with Gasteiger partial charge in [-0.05, 0) is 59.7 Å². The molecule has 0 fully saturated rings. The summed E-state index contributed by atoms with van der Waals surface area (Å²) in [7, 11) is 0. The first-order valence-electron chi connectivity index (χ1n) is 11.2. The molecule has 4 aromatic carbocycles. The van der Waals surface area contributed by atoms with Crippen LogP contribution in [0.2, 0.25) is 0 Å². The average Bonchev–Trinajstić information content (AvgIpc) is 3.25. The zero-order valence-electron chi connectivity index (χ0n) is 19.2. The highest BCUT2D eigenvalue weighted by Gasteiger charge is 2.41. The van der Waals surface area contributed by atoms with Gasteiger partial charge in [0, 0.05) is 11.3 Å². The lowest BCUT2D eigenvalue weighted by Crippen LogP contribution is -2.13. The van der Waals surface area contributed by atoms with Gasteiger partial charge in [0.05, 0.1) is 16.5 Å². The largest absolute Gasteiger partial charge is 0.488 e. The molecule has 1 N–H and O–H groups in total. The summed E-state index contributed by atoms with van der Waals surface area (Å²) in [5.41, 5.74) is 0.134. The van der Waals surface area contributed by atoms with Crippen LogP contribution in [0.15, 0.2) is 97.1 Å². The molecule has 1 heterocycles. The van der Waals surface area contributed by atoms with Crippen molar-refractivity contribution >= 4 is 16.9 Å². The lowest BCUT2D eigenvalue weighted by atomic mass is 9.99. The second-order valence-corrected chi connectivity index (χ2v) is 8.34. The van der Waals surface area contributed by atoms with Crippen molar-refractivity contribution in [3.8, 4) is 22.6 Å². The molecule has 0 unspecified atom stereocenters. The zero-order valence-corrected chi connectivity index (χ0v) is 19.2. The predicted molar refractivity (Wildman–Crippen MR) is 131 cm³/mol. The number of ether oxygens (including phenoxy) is 1. The number of fused-ring (bicyclic) bond motifs is 1. The quantitative estimate of drug-likeness (QED) is 0.240. The molecule has 1 aromatic heterocycles. The Morgan fingerprint density at radius 1 is 0.838 bits per heavy atom. The second kappa shape index (κ2) is 9.46. The summed E-state index contributed by atoms with van der Waals surface area (Å²) in [6, 6.07) is 23.9. The second-order valence-electron chi connectivity index (χ2n) is 8.34. The van der Waals surface area contributed by atoms with Crippen LogP contribution in [0.25, 0.3) is 27.7 Å². The van der Waals surface area contributed by atoms with Crippen molar-refractivity contribution < 1.29 is 32.2 Å². The minimum atomic E-state index is -4.81. The highest BCUT2D eigenvalue weighted by Crippen LogP contribution is 2.48. The number of benzene rings is 4. The first-order chi connectivity index (χ1) is 17.7. The van der Waals surface area contributed by atoms with E-state index in [1.807, 2.05) is 30.3 Å². The van der Waals surface area contributed by atoms with Gasteiger partial charge in [0.15, 0.2) is 0 Å². The van der Waals surface area contributed by atoms with Crippen molar-refractivity contribution in [1.82, 2.24) is 4.57 Å². The summed E-state index contributed by atoms with van der Waals surface area (Å²) < 4.78 is 65.0. The lowest BCUT2D eigenvalue weighted by molar-refractivity contribution is -0.141. The van der Waals surface area contributed by atoms with Crippen molar-refractivity contribution in [2.24, 2.45) is 0 Å². The zero-order chi connectivity index (χ0) is 26.2. The molecule has 5 rings (SSSR count). The molecule has 0 aliphatic carbocycles. The molecule has 186 valence electrons. The minimum absolute atomic E-state index is 0.0554. The van der Waals surface area contributed by atoms with Gasteiger partial charge in [-0.2, -0.15) is 13.2 Å². The Balaban J connectivity index is 1.81. The molecular weight excluding hydrogens is 486 g/mol. The topological polar surface area (TPSA) is 51.5 Å². The van der Waals surface area contributed by atoms with Crippen molar-refractivity contribution in [3.63, 3.8) is 0 Å². The summed E-state index contributed by atoms with van der Waals surface area (Å²) >= 11 is 0. The minimum Gasteiger partial charge on any atom is -0.488 e. The molecule has 0 amide bonds. The number of nitrogens with zero attached hydrogens (tertiary/aromatic N) is 1. The Kier molecular flexibility index (Phi) is 6.17. The van der Waals surface area contributed by atoms with E-state index < -0.39 is 23.7 Å². The fourth-order valence-corrected chi connectivity index (χ4v) is 4.35. The molecule has 0 aliphatic rings. The van der Waals surface area contributed by atoms with Crippen LogP contribution in [-0.2, 0) is 12.8 Å². The number of rotatable bonds is 6. The smallest absolute Gasteiger partial charge is 0.432 e. The number of hydrogen-bond donors (Lipinski definition) is 1. The molecule has 8 heteroatoms. The first-order valence-corrected chi connectivity index (χ1v) is 11.2. The number of aromatic nitrogens is 1. The van der Waals surface area contributed by atoms with Gasteiger partial charge in [0.25, 0.3) is 0 Å². The Morgan fingerprint density at radius 2 is 1.51 bits per heavy atom. The van der Waals surface area contributed by atoms with Crippen molar-refractivity contribution in [1.29, 1.82) is 0 Å². The Hall–Kier alpha value is -4.59. The van der Waals surface area contributed by atoms with Gasteiger partial charge in [0.2, 0.25) is 0 Å². The van der Waals surface area contributed by atoms with Gasteiger partial charge in [0.1, 0.15) is 23.9 Å². The van der Waals surface area contributed by atoms with Crippen LogP contribution < -0.4 is 4.74 Å². The average molecular weight is 505 g/mol. The van der Waals surface area contributed by atoms with Gasteiger partial charge in [-0.3, -0.25) is 0 Å². The molecule has 0 radical (unpaired) electrons. The Morgan fingerprint density at radius 3 is 2.14 bits per heavy atom. The van der Waals surface area contributed by atoms with Crippen LogP contribution in [0.1, 0.15) is 21.6 Å². The Bertz CT molecular complexity index is 1570. The molecule has 0 aliphatic heterocycles. The maximum atomic E-state index is 14.8. The van der Waals surface area contributed by atoms with Crippen LogP contribution >= 0.6 is 0 Å². The standard InChI is InChI=1S/C29H19F4NO3/c30-21-13-15-22(16-14-21)34-23-7-4-8-24(37-17-18-5-2-1-3-6-18)26(23)25(27(34)29(31,32)33)19-9-11-20(12-10-19)28(35)36/h1-16H,17H2,(H,35,36). The molecule has 37 heavy (non-hydrogen) atoms. The maximum absolute atomic E-state index is 14.8. The Labute approximate surface area is 209 Å². The molecule has 0 saturated carbocycles. The molecule has 0 spiro atoms. The number of carboxylic acids is 1. The van der Waals surface area contributed by atoms with E-state index in [-0.39, 0.29) is 45.6 Å². The van der Waals surface area contributed by atoms with Gasteiger partial charge < -0.3 is 14.4 Å². The molecule has 0 atom stereocenters. The predicted octanol–water partition coefficient (Wildman–Crippen LogP) is 7.73. The fraction of sp³-hybridized carbons (Fsp3) is 0.0690. The highest BCUT2D eigenvalue weighted by atomic mass is 19.4. The van der Waals surface area contributed by atoms with E-state index in [1.54, 1.807) is 18.2 Å². The third-order valence-electron chi connectivity index (χ3n) is 5.97. The van der Waals surface area contributed by atoms with Gasteiger partial charge >= 0.3 is 12.1 Å². The van der Waals surface area contributed by atoms with Crippen LogP contribution in [-0.4, -0.2) is 15.6 Å². The number of carboxylic acid groups (broad SMARTS) is 1. The monoisotopic (exact) mass is 505 g/mol. The summed E-state index contributed by atoms with van der Waals surface area (Å²) in [4.78, 5) is 11.3. The molecule has 4 nitrogen and oxygen atoms in total. The third kappa shape index (κ3) is 4.65. The normalized spacial score (nSPS) is 11.6. The van der Waals surface area contributed by atoms with Crippen LogP contribution in [0.3, 0.4) is 0 Å². The van der Waals surface area contributed by atoms with E-state index in [1.165, 1.54) is 36.4 Å². The third-order valence-corrected chi connectivity index (χ3v) is 5.97. The van der Waals surface area contributed by atoms with E-state index in [9.17, 15) is 27.5 Å².